The molecular weight excluding hydrogens is 348 g/mol. The molecule has 27 heavy (non-hydrogen) atoms. The van der Waals surface area contributed by atoms with Gasteiger partial charge in [0.25, 0.3) is 0 Å². The number of carbonyl (C=O) groups is 3. The van der Waals surface area contributed by atoms with E-state index in [1.807, 2.05) is 19.1 Å². The Bertz CT molecular complexity index is 865. The van der Waals surface area contributed by atoms with Crippen LogP contribution in [0.2, 0.25) is 0 Å². The van der Waals surface area contributed by atoms with Gasteiger partial charge in [0.1, 0.15) is 18.6 Å². The maximum Gasteiger partial charge on any atom is 0.342 e. The molecule has 0 spiro atoms. The average Bonchev–Trinajstić information content (AvgIpc) is 2.69. The molecule has 0 unspecified atom stereocenters. The summed E-state index contributed by atoms with van der Waals surface area (Å²) in [6.07, 6.45) is 1.83. The summed E-state index contributed by atoms with van der Waals surface area (Å²) in [7, 11) is 1.25. The highest BCUT2D eigenvalue weighted by atomic mass is 16.5. The van der Waals surface area contributed by atoms with Crippen molar-refractivity contribution in [1.82, 2.24) is 0 Å². The Morgan fingerprint density at radius 3 is 2.41 bits per heavy atom. The van der Waals surface area contributed by atoms with E-state index in [2.05, 4.69) is 4.74 Å². The van der Waals surface area contributed by atoms with E-state index in [4.69, 9.17) is 9.47 Å². The van der Waals surface area contributed by atoms with Crippen LogP contribution >= 0.6 is 0 Å². The van der Waals surface area contributed by atoms with Gasteiger partial charge in [0.15, 0.2) is 6.29 Å². The predicted octanol–water partition coefficient (Wildman–Crippen LogP) is 3.62. The molecule has 0 saturated carbocycles. The minimum atomic E-state index is -0.590. The summed E-state index contributed by atoms with van der Waals surface area (Å²) in [4.78, 5) is 34.4. The van der Waals surface area contributed by atoms with E-state index in [0.717, 1.165) is 23.7 Å². The van der Waals surface area contributed by atoms with E-state index < -0.39 is 11.9 Å². The lowest BCUT2D eigenvalue weighted by atomic mass is 10.1. The van der Waals surface area contributed by atoms with Gasteiger partial charge in [-0.2, -0.15) is 0 Å². The third-order valence-corrected chi connectivity index (χ3v) is 3.84. The Morgan fingerprint density at radius 1 is 1.07 bits per heavy atom. The predicted molar refractivity (Wildman–Crippen MR) is 98.5 cm³/mol. The highest BCUT2D eigenvalue weighted by Crippen LogP contribution is 2.21. The van der Waals surface area contributed by atoms with Gasteiger partial charge in [-0.25, -0.2) is 9.59 Å². The van der Waals surface area contributed by atoms with Crippen molar-refractivity contribution >= 4 is 18.2 Å². The molecule has 0 atom stereocenters. The van der Waals surface area contributed by atoms with E-state index >= 15 is 0 Å². The maximum absolute atomic E-state index is 12.0. The number of ether oxygens (including phenoxy) is 3. The van der Waals surface area contributed by atoms with Crippen LogP contribution in [0.3, 0.4) is 0 Å². The van der Waals surface area contributed by atoms with Gasteiger partial charge in [0, 0.05) is 0 Å². The average molecular weight is 368 g/mol. The molecule has 0 aliphatic rings. The first-order valence-electron chi connectivity index (χ1n) is 8.19. The van der Waals surface area contributed by atoms with Crippen molar-refractivity contribution in [2.75, 3.05) is 7.11 Å². The summed E-state index contributed by atoms with van der Waals surface area (Å²) in [6, 6.07) is 12.0. The van der Waals surface area contributed by atoms with Crippen LogP contribution in [0.5, 0.6) is 5.75 Å². The number of aryl methyl sites for hydroxylation is 1. The zero-order valence-electron chi connectivity index (χ0n) is 15.4. The van der Waals surface area contributed by atoms with Crippen molar-refractivity contribution in [1.29, 1.82) is 0 Å². The Hall–Kier alpha value is -3.41. The topological polar surface area (TPSA) is 78.9 Å². The van der Waals surface area contributed by atoms with Gasteiger partial charge in [-0.1, -0.05) is 24.3 Å². The van der Waals surface area contributed by atoms with Gasteiger partial charge in [-0.15, -0.1) is 0 Å². The van der Waals surface area contributed by atoms with E-state index in [9.17, 15) is 14.4 Å². The zero-order valence-corrected chi connectivity index (χ0v) is 15.4. The second-order valence-electron chi connectivity index (χ2n) is 5.79. The number of rotatable bonds is 7. The molecule has 6 nitrogen and oxygen atoms in total. The summed E-state index contributed by atoms with van der Waals surface area (Å²) in [6.45, 7) is 3.58. The minimum Gasteiger partial charge on any atom is -0.488 e. The Kier molecular flexibility index (Phi) is 6.88. The fraction of sp³-hybridized carbons (Fsp3) is 0.190. The number of carbonyl (C=O) groups excluding carboxylic acids is 3. The normalized spacial score (nSPS) is 10.9. The molecule has 6 heteroatoms. The summed E-state index contributed by atoms with van der Waals surface area (Å²) < 4.78 is 15.2. The van der Waals surface area contributed by atoms with Crippen molar-refractivity contribution in [2.45, 2.75) is 20.5 Å². The Morgan fingerprint density at radius 2 is 1.78 bits per heavy atom. The van der Waals surface area contributed by atoms with Crippen molar-refractivity contribution in [3.8, 4) is 5.75 Å². The molecule has 0 N–H and O–H groups in total. The Balaban J connectivity index is 1.99. The van der Waals surface area contributed by atoms with Gasteiger partial charge in [0.05, 0.1) is 23.8 Å². The number of hydrogen-bond donors (Lipinski definition) is 0. The fourth-order valence-corrected chi connectivity index (χ4v) is 2.25. The lowest BCUT2D eigenvalue weighted by Gasteiger charge is -2.10. The monoisotopic (exact) mass is 368 g/mol. The molecule has 0 bridgehead atoms. The second-order valence-corrected chi connectivity index (χ2v) is 5.79. The molecule has 0 aromatic heterocycles. The summed E-state index contributed by atoms with van der Waals surface area (Å²) in [5, 5.41) is 0. The fourth-order valence-electron chi connectivity index (χ4n) is 2.25. The first-order chi connectivity index (χ1) is 13.0. The van der Waals surface area contributed by atoms with Crippen LogP contribution in [0.25, 0.3) is 0 Å². The van der Waals surface area contributed by atoms with Crippen LogP contribution in [0.4, 0.5) is 0 Å². The van der Waals surface area contributed by atoms with Gasteiger partial charge in [-0.05, 0) is 43.2 Å². The van der Waals surface area contributed by atoms with E-state index in [1.54, 1.807) is 30.3 Å². The van der Waals surface area contributed by atoms with Crippen molar-refractivity contribution < 1.29 is 28.6 Å². The van der Waals surface area contributed by atoms with Crippen molar-refractivity contribution in [2.24, 2.45) is 0 Å². The zero-order chi connectivity index (χ0) is 19.8. The molecule has 2 aromatic rings. The molecule has 0 fully saturated rings. The molecule has 2 aromatic carbocycles. The van der Waals surface area contributed by atoms with Crippen LogP contribution in [0.15, 0.2) is 54.3 Å². The van der Waals surface area contributed by atoms with Crippen LogP contribution in [-0.2, 0) is 20.9 Å². The first-order valence-corrected chi connectivity index (χ1v) is 8.19. The first kappa shape index (κ1) is 19.9. The third-order valence-electron chi connectivity index (χ3n) is 3.84. The van der Waals surface area contributed by atoms with E-state index in [-0.39, 0.29) is 12.2 Å². The molecule has 0 aliphatic heterocycles. The molecule has 0 heterocycles. The Labute approximate surface area is 157 Å². The van der Waals surface area contributed by atoms with Crippen LogP contribution < -0.4 is 4.74 Å². The van der Waals surface area contributed by atoms with E-state index in [1.165, 1.54) is 14.0 Å². The van der Waals surface area contributed by atoms with Gasteiger partial charge in [-0.3, -0.25) is 4.79 Å². The summed E-state index contributed by atoms with van der Waals surface area (Å²) in [5.41, 5.74) is 2.70. The maximum atomic E-state index is 12.0. The largest absolute Gasteiger partial charge is 0.488 e. The smallest absolute Gasteiger partial charge is 0.342 e. The number of methoxy groups -OCH3 is 1. The summed E-state index contributed by atoms with van der Waals surface area (Å²) in [5.74, 6) is -0.648. The molecule has 2 rings (SSSR count). The van der Waals surface area contributed by atoms with Gasteiger partial charge < -0.3 is 14.2 Å². The molecular formula is C21H20O6. The molecule has 0 radical (unpaired) electrons. The number of aldehydes is 1. The van der Waals surface area contributed by atoms with Crippen molar-refractivity contribution in [3.05, 3.63) is 76.6 Å². The number of hydrogen-bond acceptors (Lipinski definition) is 6. The van der Waals surface area contributed by atoms with Crippen LogP contribution in [-0.4, -0.2) is 25.3 Å². The summed E-state index contributed by atoms with van der Waals surface area (Å²) >= 11 is 0. The van der Waals surface area contributed by atoms with Gasteiger partial charge >= 0.3 is 11.9 Å². The second kappa shape index (κ2) is 9.33. The highest BCUT2D eigenvalue weighted by molar-refractivity contribution is 5.91. The third kappa shape index (κ3) is 5.28. The van der Waals surface area contributed by atoms with Crippen molar-refractivity contribution in [3.63, 3.8) is 0 Å². The van der Waals surface area contributed by atoms with Crippen LogP contribution in [0, 0.1) is 6.92 Å². The van der Waals surface area contributed by atoms with Gasteiger partial charge in [0.2, 0.25) is 0 Å². The lowest BCUT2D eigenvalue weighted by Crippen LogP contribution is -2.06. The lowest BCUT2D eigenvalue weighted by molar-refractivity contribution is -0.136. The molecule has 0 aliphatic carbocycles. The molecule has 0 amide bonds. The number of esters is 2. The minimum absolute atomic E-state index is 0.181. The molecule has 140 valence electrons. The number of benzene rings is 2. The van der Waals surface area contributed by atoms with E-state index in [0.29, 0.717) is 16.9 Å². The highest BCUT2D eigenvalue weighted by Gasteiger charge is 2.10. The standard InChI is InChI=1S/C21H20O6/c1-14-5-4-6-19(18(14)11-22)26-13-16-7-9-17(10-8-16)21(24)27-12-15(2)20(23)25-3/h4-12H,13H2,1-3H3. The quantitative estimate of drug-likeness (QED) is 0.321. The SMILES string of the molecule is COC(=O)C(C)=COC(=O)c1ccc(COc2cccc(C)c2C=O)cc1. The molecule has 0 saturated heterocycles. The van der Waals surface area contributed by atoms with Crippen LogP contribution in [0.1, 0.15) is 38.8 Å².